The molecular weight excluding hydrogens is 480 g/mol. The average Bonchev–Trinajstić information content (AvgIpc) is 3.50. The van der Waals surface area contributed by atoms with E-state index < -0.39 is 5.91 Å². The van der Waals surface area contributed by atoms with Gasteiger partial charge in [0.2, 0.25) is 17.7 Å². The van der Waals surface area contributed by atoms with E-state index in [2.05, 4.69) is 23.1 Å². The molecule has 2 aromatic rings. The van der Waals surface area contributed by atoms with Crippen LogP contribution in [0.3, 0.4) is 0 Å². The van der Waals surface area contributed by atoms with Gasteiger partial charge in [-0.05, 0) is 38.7 Å². The normalized spacial score (nSPS) is 16.2. The van der Waals surface area contributed by atoms with Crippen molar-refractivity contribution in [3.05, 3.63) is 40.8 Å². The van der Waals surface area contributed by atoms with Gasteiger partial charge in [0.1, 0.15) is 5.82 Å². The van der Waals surface area contributed by atoms with Crippen LogP contribution in [0, 0.1) is 12.8 Å². The first-order valence-corrected chi connectivity index (χ1v) is 12.3. The lowest BCUT2D eigenvalue weighted by Crippen LogP contribution is -2.41. The number of carbonyl (C=O) groups is 3. The minimum atomic E-state index is -0.559. The Kier molecular flexibility index (Phi) is 11.2. The van der Waals surface area contributed by atoms with Gasteiger partial charge in [-0.2, -0.15) is 0 Å². The van der Waals surface area contributed by atoms with Crippen molar-refractivity contribution in [1.29, 1.82) is 0 Å². The molecule has 36 heavy (non-hydrogen) atoms. The molecule has 0 saturated carbocycles. The second-order valence-corrected chi connectivity index (χ2v) is 9.01. The largest absolute Gasteiger partial charge is 0.385 e. The zero-order valence-corrected chi connectivity index (χ0v) is 21.4. The first kappa shape index (κ1) is 28.6. The minimum Gasteiger partial charge on any atom is -0.385 e. The maximum absolute atomic E-state index is 11.9. The summed E-state index contributed by atoms with van der Waals surface area (Å²) in [5, 5.41) is 4.45. The molecular formula is C26H35ClN6O3. The second kappa shape index (κ2) is 14.0. The Labute approximate surface area is 217 Å². The van der Waals surface area contributed by atoms with Gasteiger partial charge in [0.25, 0.3) is 0 Å². The van der Waals surface area contributed by atoms with Gasteiger partial charge in [0, 0.05) is 37.6 Å². The minimum absolute atomic E-state index is 0.132. The number of H-pyrrole nitrogens is 1. The predicted molar refractivity (Wildman–Crippen MR) is 144 cm³/mol. The summed E-state index contributed by atoms with van der Waals surface area (Å²) in [7, 11) is 0. The Morgan fingerprint density at radius 1 is 1.08 bits per heavy atom. The van der Waals surface area contributed by atoms with Crippen molar-refractivity contribution in [3.8, 4) is 12.8 Å². The number of halogens is 1. The number of nitrogens with two attached hydrogens (primary N) is 2. The van der Waals surface area contributed by atoms with E-state index in [4.69, 9.17) is 23.1 Å². The number of likely N-dealkylation sites (tertiary alicyclic amines) is 2. The molecule has 3 amide bonds. The van der Waals surface area contributed by atoms with Crippen molar-refractivity contribution >= 4 is 45.9 Å². The monoisotopic (exact) mass is 514 g/mol. The fraction of sp³-hybridized carbons (Fsp3) is 0.423. The number of benzene rings is 1. The van der Waals surface area contributed by atoms with Crippen molar-refractivity contribution in [3.63, 3.8) is 0 Å². The number of nitrogens with one attached hydrogen (secondary N) is 2. The topological polar surface area (TPSA) is 138 Å². The zero-order chi connectivity index (χ0) is 26.7. The van der Waals surface area contributed by atoms with Crippen molar-refractivity contribution in [2.24, 2.45) is 11.5 Å². The fourth-order valence-corrected chi connectivity index (χ4v) is 4.24. The summed E-state index contributed by atoms with van der Waals surface area (Å²) >= 11 is 6.02. The number of para-hydroxylation sites is 1. The molecule has 0 bridgehead atoms. The number of terminal acetylenes is 1. The number of nitrogens with zero attached hydrogens (tertiary/aromatic N) is 2. The molecule has 3 heterocycles. The van der Waals surface area contributed by atoms with Gasteiger partial charge in [-0.25, -0.2) is 0 Å². The standard InChI is InChI=1S/C12H13ClN4O.C12H20N2O2.C2H2/c1-6(12(15)18)11(14)17-9-4-2-3-7-8(13)5-16-10(7)9;15-11-6-2-1-3-9-14(11)10-12(16)13-7-4-5-8-13;1-2/h2-5,16-17H,14H2,1H3,(H2,15,18);1-10H2;1-2H/b11-6+;;. The summed E-state index contributed by atoms with van der Waals surface area (Å²) in [6.45, 7) is 4.38. The van der Waals surface area contributed by atoms with E-state index in [1.807, 2.05) is 23.1 Å². The Hall–Kier alpha value is -3.64. The molecule has 9 nitrogen and oxygen atoms in total. The van der Waals surface area contributed by atoms with Crippen molar-refractivity contribution in [1.82, 2.24) is 14.8 Å². The number of carbonyl (C=O) groups excluding carboxylic acids is 3. The number of amides is 3. The summed E-state index contributed by atoms with van der Waals surface area (Å²) < 4.78 is 0. The highest BCUT2D eigenvalue weighted by Gasteiger charge is 2.23. The van der Waals surface area contributed by atoms with Crippen LogP contribution in [0.25, 0.3) is 10.9 Å². The average molecular weight is 515 g/mol. The Morgan fingerprint density at radius 2 is 1.75 bits per heavy atom. The Balaban J connectivity index is 0.000000239. The lowest BCUT2D eigenvalue weighted by atomic mass is 10.2. The molecule has 0 aliphatic carbocycles. The van der Waals surface area contributed by atoms with E-state index >= 15 is 0 Å². The lowest BCUT2D eigenvalue weighted by Gasteiger charge is -2.23. The van der Waals surface area contributed by atoms with Crippen LogP contribution >= 0.6 is 11.6 Å². The molecule has 0 atom stereocenters. The first-order valence-electron chi connectivity index (χ1n) is 12.0. The van der Waals surface area contributed by atoms with Crippen molar-refractivity contribution < 1.29 is 14.4 Å². The van der Waals surface area contributed by atoms with Gasteiger partial charge < -0.3 is 31.6 Å². The smallest absolute Gasteiger partial charge is 0.247 e. The summed E-state index contributed by atoms with van der Waals surface area (Å²) in [6.07, 6.45) is 15.7. The van der Waals surface area contributed by atoms with Crippen LogP contribution in [-0.2, 0) is 14.4 Å². The molecule has 6 N–H and O–H groups in total. The van der Waals surface area contributed by atoms with Crippen LogP contribution in [0.2, 0.25) is 5.02 Å². The van der Waals surface area contributed by atoms with Gasteiger partial charge in [0.15, 0.2) is 0 Å². The molecule has 0 unspecified atom stereocenters. The van der Waals surface area contributed by atoms with Crippen LogP contribution in [-0.4, -0.2) is 58.7 Å². The molecule has 0 spiro atoms. The van der Waals surface area contributed by atoms with E-state index in [-0.39, 0.29) is 23.2 Å². The van der Waals surface area contributed by atoms with E-state index in [0.717, 1.165) is 68.3 Å². The van der Waals surface area contributed by atoms with Gasteiger partial charge in [-0.1, -0.05) is 30.2 Å². The number of rotatable bonds is 5. The maximum Gasteiger partial charge on any atom is 0.247 e. The molecule has 10 heteroatoms. The maximum atomic E-state index is 11.9. The molecule has 2 aliphatic rings. The van der Waals surface area contributed by atoms with Crippen LogP contribution in [0.4, 0.5) is 5.69 Å². The lowest BCUT2D eigenvalue weighted by molar-refractivity contribution is -0.139. The SMILES string of the molecule is C#C.C/C(C(N)=O)=C(/N)Nc1cccc2c(Cl)c[nH]c12.O=C(CN1CCCCCC1=O)N1CCCC1. The quantitative estimate of drug-likeness (QED) is 0.358. The predicted octanol–water partition coefficient (Wildman–Crippen LogP) is 3.17. The molecule has 0 radical (unpaired) electrons. The molecule has 2 saturated heterocycles. The highest BCUT2D eigenvalue weighted by Crippen LogP contribution is 2.28. The van der Waals surface area contributed by atoms with Gasteiger partial charge >= 0.3 is 0 Å². The highest BCUT2D eigenvalue weighted by molar-refractivity contribution is 6.35. The Bertz CT molecular complexity index is 1120. The fourth-order valence-electron chi connectivity index (χ4n) is 4.03. The number of fused-ring (bicyclic) bond motifs is 1. The van der Waals surface area contributed by atoms with Gasteiger partial charge in [-0.15, -0.1) is 12.8 Å². The van der Waals surface area contributed by atoms with E-state index in [9.17, 15) is 14.4 Å². The third-order valence-electron chi connectivity index (χ3n) is 6.16. The van der Waals surface area contributed by atoms with E-state index in [1.165, 1.54) is 0 Å². The molecule has 4 rings (SSSR count). The summed E-state index contributed by atoms with van der Waals surface area (Å²) in [5.41, 5.74) is 12.8. The third kappa shape index (κ3) is 7.68. The van der Waals surface area contributed by atoms with Crippen LogP contribution in [0.1, 0.15) is 45.4 Å². The summed E-state index contributed by atoms with van der Waals surface area (Å²) in [6, 6.07) is 5.56. The van der Waals surface area contributed by atoms with E-state index in [1.54, 1.807) is 18.0 Å². The third-order valence-corrected chi connectivity index (χ3v) is 6.48. The number of aromatic nitrogens is 1. The molecule has 2 fully saturated rings. The van der Waals surface area contributed by atoms with Crippen LogP contribution < -0.4 is 16.8 Å². The number of anilines is 1. The molecule has 2 aliphatic heterocycles. The van der Waals surface area contributed by atoms with E-state index in [0.29, 0.717) is 18.0 Å². The molecule has 1 aromatic heterocycles. The van der Waals surface area contributed by atoms with Crippen LogP contribution in [0.5, 0.6) is 0 Å². The van der Waals surface area contributed by atoms with Gasteiger partial charge in [-0.3, -0.25) is 14.4 Å². The molecule has 1 aromatic carbocycles. The van der Waals surface area contributed by atoms with Crippen molar-refractivity contribution in [2.45, 2.75) is 45.4 Å². The zero-order valence-electron chi connectivity index (χ0n) is 20.7. The number of hydrogen-bond donors (Lipinski definition) is 4. The second-order valence-electron chi connectivity index (χ2n) is 8.61. The highest BCUT2D eigenvalue weighted by atomic mass is 35.5. The summed E-state index contributed by atoms with van der Waals surface area (Å²) in [5.74, 6) is -0.0461. The van der Waals surface area contributed by atoms with Gasteiger partial charge in [0.05, 0.1) is 28.3 Å². The number of primary amides is 1. The number of aromatic amines is 1. The first-order chi connectivity index (χ1) is 17.3. The van der Waals surface area contributed by atoms with Crippen molar-refractivity contribution in [2.75, 3.05) is 31.5 Å². The summed E-state index contributed by atoms with van der Waals surface area (Å²) in [4.78, 5) is 41.3. The molecule has 194 valence electrons. The number of hydrogen-bond acceptors (Lipinski definition) is 5. The Morgan fingerprint density at radius 3 is 2.42 bits per heavy atom. The van der Waals surface area contributed by atoms with Crippen LogP contribution in [0.15, 0.2) is 35.8 Å².